The summed E-state index contributed by atoms with van der Waals surface area (Å²) in [5.74, 6) is -5.10. The molecule has 1 aromatic rings. The Morgan fingerprint density at radius 1 is 1.11 bits per heavy atom. The van der Waals surface area contributed by atoms with E-state index in [9.17, 15) is 29.7 Å². The normalized spacial score (nSPS) is 26.3. The number of amides is 1. The molecule has 4 atom stereocenters. The highest BCUT2D eigenvalue weighted by atomic mass is 32.2. The van der Waals surface area contributed by atoms with Gasteiger partial charge in [0.2, 0.25) is 0 Å². The Morgan fingerprint density at radius 2 is 1.74 bits per heavy atom. The number of benzene rings is 1. The maximum Gasteiger partial charge on any atom is 0.255 e. The third-order valence-electron chi connectivity index (χ3n) is 7.09. The smallest absolute Gasteiger partial charge is 0.255 e. The number of aliphatic hydroxyl groups excluding tert-OH is 2. The molecule has 5 N–H and O–H groups in total. The Balaban J connectivity index is 1.93. The van der Waals surface area contributed by atoms with Gasteiger partial charge in [-0.3, -0.25) is 19.3 Å². The molecule has 1 aromatic carbocycles. The predicted molar refractivity (Wildman–Crippen MR) is 130 cm³/mol. The van der Waals surface area contributed by atoms with Gasteiger partial charge in [0, 0.05) is 23.3 Å². The molecule has 188 valence electrons. The minimum atomic E-state index is -1.29. The fourth-order valence-corrected chi connectivity index (χ4v) is 7.38. The van der Waals surface area contributed by atoms with E-state index in [0.29, 0.717) is 10.6 Å². The zero-order valence-electron chi connectivity index (χ0n) is 20.2. The van der Waals surface area contributed by atoms with E-state index < -0.39 is 57.7 Å². The molecule has 0 bridgehead atoms. The largest absolute Gasteiger partial charge is 0.510 e. The highest BCUT2D eigenvalue weighted by molar-refractivity contribution is 8.00. The molecule has 10 heteroatoms. The minimum absolute atomic E-state index is 0.0188. The summed E-state index contributed by atoms with van der Waals surface area (Å²) in [6.45, 7) is 7.74. The number of carbonyl (C=O) groups excluding carboxylic acids is 3. The van der Waals surface area contributed by atoms with Gasteiger partial charge in [-0.1, -0.05) is 0 Å². The molecule has 9 nitrogen and oxygen atoms in total. The lowest BCUT2D eigenvalue weighted by molar-refractivity contribution is -0.136. The fraction of sp³-hybridized carbons (Fsp3) is 0.480. The number of rotatable bonds is 5. The third kappa shape index (κ3) is 3.70. The van der Waals surface area contributed by atoms with Gasteiger partial charge in [-0.25, -0.2) is 0 Å². The molecule has 0 radical (unpaired) electrons. The van der Waals surface area contributed by atoms with E-state index in [0.717, 1.165) is 0 Å². The van der Waals surface area contributed by atoms with Crippen molar-refractivity contribution >= 4 is 35.0 Å². The molecule has 0 aromatic heterocycles. The molecular formula is C25H30N2O7S. The number of hydrogen-bond donors (Lipinski definition) is 4. The average Bonchev–Trinajstić information content (AvgIpc) is 2.75. The Kier molecular flexibility index (Phi) is 6.39. The first-order chi connectivity index (χ1) is 16.4. The number of aliphatic hydroxyl groups is 2. The van der Waals surface area contributed by atoms with Gasteiger partial charge in [0.1, 0.15) is 28.6 Å². The fourth-order valence-electron chi connectivity index (χ4n) is 5.84. The molecular weight excluding hydrogens is 472 g/mol. The van der Waals surface area contributed by atoms with E-state index in [1.54, 1.807) is 6.07 Å². The molecule has 1 fully saturated rings. The van der Waals surface area contributed by atoms with Crippen LogP contribution < -0.4 is 10.5 Å². The number of methoxy groups -OCH3 is 1. The van der Waals surface area contributed by atoms with Crippen molar-refractivity contribution in [3.05, 3.63) is 34.6 Å². The Hall–Kier alpha value is -2.98. The Morgan fingerprint density at radius 3 is 2.29 bits per heavy atom. The van der Waals surface area contributed by atoms with Crippen molar-refractivity contribution in [1.82, 2.24) is 4.90 Å². The summed E-state index contributed by atoms with van der Waals surface area (Å²) >= 11 is 1.27. The predicted octanol–water partition coefficient (Wildman–Crippen LogP) is 2.72. The summed E-state index contributed by atoms with van der Waals surface area (Å²) in [5, 5.41) is 32.2. The summed E-state index contributed by atoms with van der Waals surface area (Å²) in [7, 11) is 1.47. The topological polar surface area (TPSA) is 150 Å². The van der Waals surface area contributed by atoms with Crippen molar-refractivity contribution in [3.8, 4) is 11.5 Å². The lowest BCUT2D eigenvalue weighted by Gasteiger charge is -2.49. The second-order valence-electron chi connectivity index (χ2n) is 9.67. The molecule has 2 aliphatic carbocycles. The zero-order valence-corrected chi connectivity index (χ0v) is 21.0. The number of Topliss-reactive ketones (excluding diaryl/α,β-unsaturated/α-hetero) is 2. The molecule has 1 amide bonds. The van der Waals surface area contributed by atoms with E-state index in [-0.39, 0.29) is 35.4 Å². The second kappa shape index (κ2) is 8.91. The summed E-state index contributed by atoms with van der Waals surface area (Å²) in [4.78, 5) is 41.9. The van der Waals surface area contributed by atoms with E-state index >= 15 is 0 Å². The third-order valence-corrected chi connectivity index (χ3v) is 8.44. The number of phenolic OH excluding ortho intramolecular Hbond substituents is 1. The highest BCUT2D eigenvalue weighted by Gasteiger charge is 2.57. The number of nitrogens with zero attached hydrogens (tertiary/aromatic N) is 1. The first-order valence-electron chi connectivity index (χ1n) is 11.5. The maximum absolute atomic E-state index is 13.8. The standard InChI is InChI=1S/C25H30N2O7S/c1-9(2)27(10(3)4)19-11-8-14-17(20(29)15(11)21(30)18(23(19)32)25(26)33)22(31)16-12(28)6-7-13(34-5)24(16)35-14/h6-7,9-11,14-15,19,28,31-32H,8H2,1-5H3,(H2,26,33)/t11?,14?,15?,19-/m0/s1. The van der Waals surface area contributed by atoms with Crippen LogP contribution in [0, 0.1) is 11.8 Å². The van der Waals surface area contributed by atoms with Crippen molar-refractivity contribution in [2.75, 3.05) is 7.11 Å². The van der Waals surface area contributed by atoms with Crippen LogP contribution in [0.1, 0.15) is 39.7 Å². The van der Waals surface area contributed by atoms with Crippen molar-refractivity contribution < 1.29 is 34.4 Å². The number of primary amides is 1. The lowest BCUT2D eigenvalue weighted by atomic mass is 9.64. The van der Waals surface area contributed by atoms with Gasteiger partial charge in [0.25, 0.3) is 5.91 Å². The van der Waals surface area contributed by atoms with Gasteiger partial charge in [0.05, 0.1) is 35.1 Å². The van der Waals surface area contributed by atoms with Crippen LogP contribution in [0.3, 0.4) is 0 Å². The lowest BCUT2D eigenvalue weighted by Crippen LogP contribution is -2.59. The van der Waals surface area contributed by atoms with Gasteiger partial charge in [-0.15, -0.1) is 11.8 Å². The quantitative estimate of drug-likeness (QED) is 0.352. The van der Waals surface area contributed by atoms with E-state index in [4.69, 9.17) is 10.5 Å². The van der Waals surface area contributed by atoms with Crippen molar-refractivity contribution in [2.45, 2.75) is 62.4 Å². The van der Waals surface area contributed by atoms with Gasteiger partial charge < -0.3 is 25.8 Å². The number of carbonyl (C=O) groups is 3. The second-order valence-corrected chi connectivity index (χ2v) is 10.9. The number of phenols is 1. The number of ether oxygens (including phenoxy) is 1. The molecule has 3 aliphatic rings. The van der Waals surface area contributed by atoms with E-state index in [1.165, 1.54) is 24.9 Å². The molecule has 4 rings (SSSR count). The summed E-state index contributed by atoms with van der Waals surface area (Å²) in [6.07, 6.45) is 0.265. The van der Waals surface area contributed by atoms with Crippen LogP contribution in [0.25, 0.3) is 5.76 Å². The van der Waals surface area contributed by atoms with Crippen LogP contribution in [0.2, 0.25) is 0 Å². The molecule has 3 unspecified atom stereocenters. The van der Waals surface area contributed by atoms with Crippen LogP contribution in [0.15, 0.2) is 33.9 Å². The average molecular weight is 503 g/mol. The van der Waals surface area contributed by atoms with Gasteiger partial charge in [-0.05, 0) is 46.2 Å². The van der Waals surface area contributed by atoms with E-state index in [2.05, 4.69) is 0 Å². The zero-order chi connectivity index (χ0) is 25.9. The van der Waals surface area contributed by atoms with Gasteiger partial charge in [0.15, 0.2) is 11.6 Å². The number of hydrogen-bond acceptors (Lipinski definition) is 9. The van der Waals surface area contributed by atoms with Crippen molar-refractivity contribution in [3.63, 3.8) is 0 Å². The molecule has 1 heterocycles. The number of thioether (sulfide) groups is 1. The van der Waals surface area contributed by atoms with Crippen LogP contribution in [-0.4, -0.2) is 68.2 Å². The molecule has 35 heavy (non-hydrogen) atoms. The maximum atomic E-state index is 13.8. The monoisotopic (exact) mass is 502 g/mol. The number of aromatic hydroxyl groups is 1. The van der Waals surface area contributed by atoms with Gasteiger partial charge >= 0.3 is 0 Å². The molecule has 0 spiro atoms. The summed E-state index contributed by atoms with van der Waals surface area (Å²) < 4.78 is 5.41. The Labute approximate surface area is 207 Å². The van der Waals surface area contributed by atoms with Crippen LogP contribution in [-0.2, 0) is 14.4 Å². The summed E-state index contributed by atoms with van der Waals surface area (Å²) in [5.41, 5.74) is 5.01. The SMILES string of the molecule is COc1ccc(O)c2c1SC1CC3C(C(=O)C(C(N)=O)=C(O)[C@H]3N(C(C)C)C(C)C)C(=O)C1=C2O. The molecule has 1 aliphatic heterocycles. The van der Waals surface area contributed by atoms with Crippen LogP contribution >= 0.6 is 11.8 Å². The number of ketones is 2. The summed E-state index contributed by atoms with van der Waals surface area (Å²) in [6, 6.07) is 1.99. The molecule has 1 saturated carbocycles. The Bertz CT molecular complexity index is 1180. The first-order valence-corrected chi connectivity index (χ1v) is 12.4. The number of nitrogens with two attached hydrogens (primary N) is 1. The van der Waals surface area contributed by atoms with Crippen molar-refractivity contribution in [2.24, 2.45) is 17.6 Å². The molecule has 0 saturated heterocycles. The number of fused-ring (bicyclic) bond motifs is 3. The minimum Gasteiger partial charge on any atom is -0.510 e. The van der Waals surface area contributed by atoms with Gasteiger partial charge in [-0.2, -0.15) is 0 Å². The van der Waals surface area contributed by atoms with Crippen LogP contribution in [0.5, 0.6) is 11.5 Å². The highest BCUT2D eigenvalue weighted by Crippen LogP contribution is 2.55. The first kappa shape index (κ1) is 25.1. The van der Waals surface area contributed by atoms with Crippen molar-refractivity contribution in [1.29, 1.82) is 0 Å². The van der Waals surface area contributed by atoms with E-state index in [1.807, 2.05) is 32.6 Å². The van der Waals surface area contributed by atoms with Crippen LogP contribution in [0.4, 0.5) is 0 Å².